The lowest BCUT2D eigenvalue weighted by Gasteiger charge is -2.15. The summed E-state index contributed by atoms with van der Waals surface area (Å²) < 4.78 is 3.11. The van der Waals surface area contributed by atoms with Crippen molar-refractivity contribution in [1.29, 1.82) is 5.26 Å². The SMILES string of the molecule is C/C=C/C(Cc1ccccc1Br)c1c(C#N)n(C)c2ccccc12. The molecule has 3 aromatic rings. The number of para-hydroxylation sites is 1. The van der Waals surface area contributed by atoms with Crippen molar-refractivity contribution in [2.45, 2.75) is 19.3 Å². The van der Waals surface area contributed by atoms with Crippen molar-refractivity contribution in [1.82, 2.24) is 4.57 Å². The minimum Gasteiger partial charge on any atom is -0.335 e. The van der Waals surface area contributed by atoms with E-state index in [2.05, 4.69) is 64.5 Å². The predicted molar refractivity (Wildman–Crippen MR) is 103 cm³/mol. The fourth-order valence-electron chi connectivity index (χ4n) is 3.33. The van der Waals surface area contributed by atoms with Gasteiger partial charge in [0.1, 0.15) is 11.8 Å². The maximum absolute atomic E-state index is 9.73. The lowest BCUT2D eigenvalue weighted by molar-refractivity contribution is 0.820. The van der Waals surface area contributed by atoms with Crippen molar-refractivity contribution in [3.05, 3.63) is 82.0 Å². The summed E-state index contributed by atoms with van der Waals surface area (Å²) in [7, 11) is 1.97. The van der Waals surface area contributed by atoms with E-state index < -0.39 is 0 Å². The third-order valence-electron chi connectivity index (χ3n) is 4.45. The minimum absolute atomic E-state index is 0.162. The molecule has 1 unspecified atom stereocenters. The summed E-state index contributed by atoms with van der Waals surface area (Å²) in [6, 6.07) is 18.9. The summed E-state index contributed by atoms with van der Waals surface area (Å²) in [5, 5.41) is 10.9. The molecule has 120 valence electrons. The van der Waals surface area contributed by atoms with Crippen LogP contribution in [0, 0.1) is 11.3 Å². The highest BCUT2D eigenvalue weighted by molar-refractivity contribution is 9.10. The van der Waals surface area contributed by atoms with E-state index in [0.717, 1.165) is 33.1 Å². The summed E-state index contributed by atoms with van der Waals surface area (Å²) in [5.41, 5.74) is 4.21. The second-order valence-corrected chi connectivity index (χ2v) is 6.73. The molecule has 0 bridgehead atoms. The van der Waals surface area contributed by atoms with E-state index in [9.17, 15) is 5.26 Å². The highest BCUT2D eigenvalue weighted by atomic mass is 79.9. The van der Waals surface area contributed by atoms with E-state index in [-0.39, 0.29) is 5.92 Å². The number of nitrogens with zero attached hydrogens (tertiary/aromatic N) is 2. The molecule has 1 heterocycles. The van der Waals surface area contributed by atoms with Crippen LogP contribution in [0.15, 0.2) is 65.2 Å². The van der Waals surface area contributed by atoms with E-state index in [4.69, 9.17) is 0 Å². The van der Waals surface area contributed by atoms with Crippen LogP contribution in [0.3, 0.4) is 0 Å². The van der Waals surface area contributed by atoms with Crippen LogP contribution in [0.25, 0.3) is 10.9 Å². The van der Waals surface area contributed by atoms with Gasteiger partial charge in [-0.3, -0.25) is 0 Å². The average Bonchev–Trinajstić information content (AvgIpc) is 2.89. The molecule has 0 spiro atoms. The van der Waals surface area contributed by atoms with Crippen LogP contribution in [-0.4, -0.2) is 4.57 Å². The molecule has 0 N–H and O–H groups in total. The molecule has 1 atom stereocenters. The molecule has 0 amide bonds. The van der Waals surface area contributed by atoms with Gasteiger partial charge in [-0.2, -0.15) is 5.26 Å². The van der Waals surface area contributed by atoms with Crippen molar-refractivity contribution in [2.75, 3.05) is 0 Å². The summed E-state index contributed by atoms with van der Waals surface area (Å²) in [5.74, 6) is 0.162. The van der Waals surface area contributed by atoms with Gasteiger partial charge in [0.05, 0.1) is 0 Å². The number of benzene rings is 2. The van der Waals surface area contributed by atoms with Crippen LogP contribution in [0.1, 0.15) is 29.7 Å². The zero-order valence-electron chi connectivity index (χ0n) is 13.8. The second kappa shape index (κ2) is 7.07. The molecule has 0 radical (unpaired) electrons. The van der Waals surface area contributed by atoms with Gasteiger partial charge < -0.3 is 4.57 Å². The van der Waals surface area contributed by atoms with Crippen LogP contribution in [0.4, 0.5) is 0 Å². The Bertz CT molecular complexity index is 944. The maximum atomic E-state index is 9.73. The van der Waals surface area contributed by atoms with Gasteiger partial charge in [-0.25, -0.2) is 0 Å². The van der Waals surface area contributed by atoms with E-state index >= 15 is 0 Å². The van der Waals surface area contributed by atoms with Gasteiger partial charge in [0.15, 0.2) is 0 Å². The van der Waals surface area contributed by atoms with E-state index in [0.29, 0.717) is 0 Å². The Morgan fingerprint density at radius 2 is 1.88 bits per heavy atom. The first-order chi connectivity index (χ1) is 11.7. The Kier molecular flexibility index (Phi) is 4.87. The molecule has 3 heteroatoms. The normalized spacial score (nSPS) is 12.6. The Morgan fingerprint density at radius 3 is 2.58 bits per heavy atom. The van der Waals surface area contributed by atoms with E-state index in [1.54, 1.807) is 0 Å². The Balaban J connectivity index is 2.18. The van der Waals surface area contributed by atoms with Gasteiger partial charge in [-0.05, 0) is 31.0 Å². The van der Waals surface area contributed by atoms with Gasteiger partial charge in [0, 0.05) is 33.9 Å². The Labute approximate surface area is 151 Å². The van der Waals surface area contributed by atoms with Crippen molar-refractivity contribution < 1.29 is 0 Å². The largest absolute Gasteiger partial charge is 0.335 e. The second-order valence-electron chi connectivity index (χ2n) is 5.88. The molecule has 24 heavy (non-hydrogen) atoms. The first-order valence-corrected chi connectivity index (χ1v) is 8.80. The predicted octanol–water partition coefficient (Wildman–Crippen LogP) is 5.71. The number of rotatable bonds is 4. The standard InChI is InChI=1S/C21H19BrN2/c1-3-8-16(13-15-9-4-6-11-18(15)22)21-17-10-5-7-12-19(17)24(2)20(21)14-23/h3-12,16H,13H2,1-2H3/b8-3+. The molecule has 2 aromatic carbocycles. The molecule has 0 aliphatic carbocycles. The van der Waals surface area contributed by atoms with Crippen molar-refractivity contribution >= 4 is 26.8 Å². The third-order valence-corrected chi connectivity index (χ3v) is 5.22. The topological polar surface area (TPSA) is 28.7 Å². The molecule has 0 saturated carbocycles. The molecule has 2 nitrogen and oxygen atoms in total. The Hall–Kier alpha value is -2.31. The van der Waals surface area contributed by atoms with E-state index in [1.165, 1.54) is 5.56 Å². The number of aromatic nitrogens is 1. The molecule has 1 aromatic heterocycles. The highest BCUT2D eigenvalue weighted by Crippen LogP contribution is 2.35. The van der Waals surface area contributed by atoms with Gasteiger partial charge in [0.2, 0.25) is 0 Å². The number of hydrogen-bond acceptors (Lipinski definition) is 1. The molecule has 0 fully saturated rings. The molecule has 0 aliphatic rings. The number of nitriles is 1. The van der Waals surface area contributed by atoms with Gasteiger partial charge in [-0.15, -0.1) is 0 Å². The quantitative estimate of drug-likeness (QED) is 0.534. The monoisotopic (exact) mass is 378 g/mol. The van der Waals surface area contributed by atoms with Gasteiger partial charge >= 0.3 is 0 Å². The number of allylic oxidation sites excluding steroid dienone is 2. The fourth-order valence-corrected chi connectivity index (χ4v) is 3.78. The number of aryl methyl sites for hydroxylation is 1. The molecular formula is C21H19BrN2. The summed E-state index contributed by atoms with van der Waals surface area (Å²) in [6.07, 6.45) is 5.13. The summed E-state index contributed by atoms with van der Waals surface area (Å²) >= 11 is 3.64. The smallest absolute Gasteiger partial charge is 0.124 e. The first kappa shape index (κ1) is 16.5. The average molecular weight is 379 g/mol. The Morgan fingerprint density at radius 1 is 1.17 bits per heavy atom. The maximum Gasteiger partial charge on any atom is 0.124 e. The lowest BCUT2D eigenvalue weighted by Crippen LogP contribution is -2.04. The first-order valence-electron chi connectivity index (χ1n) is 8.01. The zero-order valence-corrected chi connectivity index (χ0v) is 15.4. The minimum atomic E-state index is 0.162. The highest BCUT2D eigenvalue weighted by Gasteiger charge is 2.22. The van der Waals surface area contributed by atoms with Gasteiger partial charge in [0.25, 0.3) is 0 Å². The molecular weight excluding hydrogens is 360 g/mol. The molecule has 3 rings (SSSR count). The van der Waals surface area contributed by atoms with Crippen molar-refractivity contribution in [3.8, 4) is 6.07 Å². The van der Waals surface area contributed by atoms with Crippen molar-refractivity contribution in [3.63, 3.8) is 0 Å². The van der Waals surface area contributed by atoms with Crippen LogP contribution in [0.5, 0.6) is 0 Å². The lowest BCUT2D eigenvalue weighted by atomic mass is 9.89. The van der Waals surface area contributed by atoms with Crippen LogP contribution in [0.2, 0.25) is 0 Å². The number of halogens is 1. The summed E-state index contributed by atoms with van der Waals surface area (Å²) in [4.78, 5) is 0. The van der Waals surface area contributed by atoms with Crippen LogP contribution >= 0.6 is 15.9 Å². The van der Waals surface area contributed by atoms with Crippen molar-refractivity contribution in [2.24, 2.45) is 7.05 Å². The van der Waals surface area contributed by atoms with Crippen LogP contribution < -0.4 is 0 Å². The van der Waals surface area contributed by atoms with E-state index in [1.807, 2.05) is 36.7 Å². The molecule has 0 aliphatic heterocycles. The third kappa shape index (κ3) is 2.90. The zero-order chi connectivity index (χ0) is 17.1. The fraction of sp³-hybridized carbons (Fsp3) is 0.190. The number of fused-ring (bicyclic) bond motifs is 1. The summed E-state index contributed by atoms with van der Waals surface area (Å²) in [6.45, 7) is 2.03. The molecule has 0 saturated heterocycles. The number of hydrogen-bond donors (Lipinski definition) is 0. The van der Waals surface area contributed by atoms with Crippen LogP contribution in [-0.2, 0) is 13.5 Å². The van der Waals surface area contributed by atoms with Gasteiger partial charge in [-0.1, -0.05) is 64.5 Å².